The Labute approximate surface area is 88.4 Å². The first kappa shape index (κ1) is 10.7. The van der Waals surface area contributed by atoms with Gasteiger partial charge in [0.15, 0.2) is 0 Å². The number of nitrogens with zero attached hydrogens (tertiary/aromatic N) is 1. The summed E-state index contributed by atoms with van der Waals surface area (Å²) in [6.45, 7) is 0.286. The second-order valence-corrected chi connectivity index (χ2v) is 3.40. The third kappa shape index (κ3) is 2.52. The predicted octanol–water partition coefficient (Wildman–Crippen LogP) is 1.42. The fraction of sp³-hybridized carbons (Fsp3) is 0.429. The van der Waals surface area contributed by atoms with Gasteiger partial charge in [0.25, 0.3) is 5.56 Å². The molecule has 1 rings (SSSR count). The van der Waals surface area contributed by atoms with Crippen LogP contribution in [-0.4, -0.2) is 17.1 Å². The van der Waals surface area contributed by atoms with Crippen molar-refractivity contribution < 1.29 is 4.74 Å². The lowest BCUT2D eigenvalue weighted by molar-refractivity contribution is 0.180. The molecule has 0 saturated heterocycles. The molecule has 13 heavy (non-hydrogen) atoms. The quantitative estimate of drug-likeness (QED) is 0.843. The topological polar surface area (TPSA) is 55.0 Å². The molecule has 4 nitrogen and oxygen atoms in total. The van der Waals surface area contributed by atoms with E-state index in [1.807, 2.05) is 0 Å². The zero-order valence-electron chi connectivity index (χ0n) is 6.93. The maximum atomic E-state index is 11.2. The molecule has 0 aliphatic heterocycles. The van der Waals surface area contributed by atoms with E-state index in [1.54, 1.807) is 0 Å². The summed E-state index contributed by atoms with van der Waals surface area (Å²) < 4.78 is 5.27. The van der Waals surface area contributed by atoms with Crippen LogP contribution in [0, 0.1) is 0 Å². The van der Waals surface area contributed by atoms with Gasteiger partial charge in [0.2, 0.25) is 0 Å². The number of alkyl halides is 1. The highest BCUT2D eigenvalue weighted by Crippen LogP contribution is 2.10. The molecule has 0 aliphatic carbocycles. The van der Waals surface area contributed by atoms with Crippen molar-refractivity contribution in [1.29, 1.82) is 0 Å². The van der Waals surface area contributed by atoms with E-state index in [0.29, 0.717) is 16.0 Å². The molecule has 0 aliphatic rings. The average molecular weight is 268 g/mol. The zero-order valence-corrected chi connectivity index (χ0v) is 9.28. The molecule has 1 N–H and O–H groups in total. The summed E-state index contributed by atoms with van der Waals surface area (Å²) in [5.74, 6) is 0.626. The fourth-order valence-electron chi connectivity index (χ4n) is 0.853. The molecule has 6 heteroatoms. The van der Waals surface area contributed by atoms with Gasteiger partial charge in [-0.05, 0) is 15.9 Å². The maximum absolute atomic E-state index is 11.2. The van der Waals surface area contributed by atoms with E-state index >= 15 is 0 Å². The molecule has 0 aromatic carbocycles. The summed E-state index contributed by atoms with van der Waals surface area (Å²) in [6.07, 6.45) is 0. The normalized spacial score (nSPS) is 10.4. The third-order valence-corrected chi connectivity index (χ3v) is 2.46. The molecule has 0 amide bonds. The Hall–Kier alpha value is -0.390. The number of hydrogen-bond donors (Lipinski definition) is 1. The highest BCUT2D eigenvalue weighted by molar-refractivity contribution is 9.10. The number of nitrogens with one attached hydrogen (secondary N) is 1. The van der Waals surface area contributed by atoms with Gasteiger partial charge in [-0.15, -0.1) is 11.6 Å². The Balaban J connectivity index is 3.17. The van der Waals surface area contributed by atoms with Crippen molar-refractivity contribution >= 4 is 27.5 Å². The lowest BCUT2D eigenvalue weighted by Crippen LogP contribution is -2.15. The summed E-state index contributed by atoms with van der Waals surface area (Å²) in [6, 6.07) is 0. The van der Waals surface area contributed by atoms with Gasteiger partial charge in [-0.2, -0.15) is 0 Å². The highest BCUT2D eigenvalue weighted by atomic mass is 79.9. The van der Waals surface area contributed by atoms with Gasteiger partial charge in [0.05, 0.1) is 18.2 Å². The minimum Gasteiger partial charge on any atom is -0.378 e. The molecule has 72 valence electrons. The Morgan fingerprint density at radius 1 is 1.69 bits per heavy atom. The van der Waals surface area contributed by atoms with Crippen LogP contribution in [0.5, 0.6) is 0 Å². The summed E-state index contributed by atoms with van der Waals surface area (Å²) in [5, 5.41) is 0. The number of ether oxygens (including phenoxy) is 1. The van der Waals surface area contributed by atoms with Gasteiger partial charge in [-0.1, -0.05) is 0 Å². The van der Waals surface area contributed by atoms with Gasteiger partial charge < -0.3 is 9.72 Å². The zero-order chi connectivity index (χ0) is 9.84. The first-order valence-corrected chi connectivity index (χ1v) is 4.84. The fourth-order valence-corrected chi connectivity index (χ4v) is 1.28. The van der Waals surface area contributed by atoms with E-state index in [0.717, 1.165) is 0 Å². The van der Waals surface area contributed by atoms with Crippen molar-refractivity contribution in [2.24, 2.45) is 0 Å². The number of H-pyrrole nitrogens is 1. The van der Waals surface area contributed by atoms with Crippen LogP contribution >= 0.6 is 27.5 Å². The molecule has 0 atom stereocenters. The molecule has 0 spiro atoms. The summed E-state index contributed by atoms with van der Waals surface area (Å²) >= 11 is 8.65. The number of methoxy groups -OCH3 is 1. The standard InChI is InChI=1S/C7H8BrClN2O2/c1-13-3-4-6(8)7(12)11-5(2-9)10-4/h2-3H2,1H3,(H,10,11,12). The van der Waals surface area contributed by atoms with Crippen molar-refractivity contribution in [2.75, 3.05) is 7.11 Å². The number of aromatic nitrogens is 2. The Bertz CT molecular complexity index is 353. The van der Waals surface area contributed by atoms with E-state index in [4.69, 9.17) is 16.3 Å². The van der Waals surface area contributed by atoms with Crippen LogP contribution in [0.4, 0.5) is 0 Å². The van der Waals surface area contributed by atoms with Crippen LogP contribution < -0.4 is 5.56 Å². The van der Waals surface area contributed by atoms with Gasteiger partial charge in [-0.25, -0.2) is 4.98 Å². The number of aromatic amines is 1. The first-order chi connectivity index (χ1) is 6.19. The number of halogens is 2. The van der Waals surface area contributed by atoms with Crippen molar-refractivity contribution in [3.05, 3.63) is 26.3 Å². The van der Waals surface area contributed by atoms with Crippen LogP contribution in [0.15, 0.2) is 9.27 Å². The molecule has 1 heterocycles. The van der Waals surface area contributed by atoms with Crippen LogP contribution in [0.25, 0.3) is 0 Å². The minimum atomic E-state index is -0.238. The van der Waals surface area contributed by atoms with Crippen LogP contribution in [0.2, 0.25) is 0 Å². The highest BCUT2D eigenvalue weighted by Gasteiger charge is 2.07. The maximum Gasteiger partial charge on any atom is 0.265 e. The van der Waals surface area contributed by atoms with Crippen molar-refractivity contribution in [1.82, 2.24) is 9.97 Å². The predicted molar refractivity (Wildman–Crippen MR) is 52.8 cm³/mol. The number of rotatable bonds is 3. The molecule has 1 aromatic rings. The largest absolute Gasteiger partial charge is 0.378 e. The van der Waals surface area contributed by atoms with Crippen molar-refractivity contribution in [2.45, 2.75) is 12.5 Å². The smallest absolute Gasteiger partial charge is 0.265 e. The van der Waals surface area contributed by atoms with Gasteiger partial charge >= 0.3 is 0 Å². The summed E-state index contributed by atoms with van der Waals surface area (Å²) in [4.78, 5) is 17.8. The van der Waals surface area contributed by atoms with Gasteiger partial charge in [-0.3, -0.25) is 4.79 Å². The summed E-state index contributed by atoms with van der Waals surface area (Å²) in [5.41, 5.74) is 0.319. The molecular weight excluding hydrogens is 259 g/mol. The lowest BCUT2D eigenvalue weighted by Gasteiger charge is -2.03. The SMILES string of the molecule is COCc1nc(CCl)[nH]c(=O)c1Br. The monoisotopic (exact) mass is 266 g/mol. The van der Waals surface area contributed by atoms with E-state index in [9.17, 15) is 4.79 Å². The van der Waals surface area contributed by atoms with Crippen molar-refractivity contribution in [3.8, 4) is 0 Å². The molecule has 0 unspecified atom stereocenters. The van der Waals surface area contributed by atoms with Crippen LogP contribution in [0.3, 0.4) is 0 Å². The third-order valence-electron chi connectivity index (χ3n) is 1.39. The molecule has 0 radical (unpaired) electrons. The molecule has 1 aromatic heterocycles. The van der Waals surface area contributed by atoms with Gasteiger partial charge in [0, 0.05) is 7.11 Å². The first-order valence-electron chi connectivity index (χ1n) is 3.51. The lowest BCUT2D eigenvalue weighted by atomic mass is 10.4. The van der Waals surface area contributed by atoms with E-state index in [1.165, 1.54) is 7.11 Å². The molecule has 0 saturated carbocycles. The van der Waals surface area contributed by atoms with Crippen LogP contribution in [-0.2, 0) is 17.2 Å². The Morgan fingerprint density at radius 3 is 2.92 bits per heavy atom. The van der Waals surface area contributed by atoms with E-state index in [-0.39, 0.29) is 18.0 Å². The summed E-state index contributed by atoms with van der Waals surface area (Å²) in [7, 11) is 1.54. The molecule has 0 fully saturated rings. The van der Waals surface area contributed by atoms with E-state index in [2.05, 4.69) is 25.9 Å². The van der Waals surface area contributed by atoms with Crippen LogP contribution in [0.1, 0.15) is 11.5 Å². The van der Waals surface area contributed by atoms with Gasteiger partial charge in [0.1, 0.15) is 10.3 Å². The van der Waals surface area contributed by atoms with E-state index < -0.39 is 0 Å². The Kier molecular flexibility index (Phi) is 3.90. The minimum absolute atomic E-state index is 0.180. The number of hydrogen-bond acceptors (Lipinski definition) is 3. The Morgan fingerprint density at radius 2 is 2.38 bits per heavy atom. The molecule has 0 bridgehead atoms. The van der Waals surface area contributed by atoms with Crippen molar-refractivity contribution in [3.63, 3.8) is 0 Å². The average Bonchev–Trinajstić information content (AvgIpc) is 2.13. The second kappa shape index (κ2) is 4.74. The molecular formula is C7H8BrClN2O2. The second-order valence-electron chi connectivity index (χ2n) is 2.34.